The highest BCUT2D eigenvalue weighted by Crippen LogP contribution is 2.23. The zero-order valence-electron chi connectivity index (χ0n) is 11.3. The first kappa shape index (κ1) is 14.6. The van der Waals surface area contributed by atoms with E-state index < -0.39 is 0 Å². The number of rotatable bonds is 8. The van der Waals surface area contributed by atoms with E-state index >= 15 is 0 Å². The summed E-state index contributed by atoms with van der Waals surface area (Å²) in [5.74, 6) is 0. The highest BCUT2D eigenvalue weighted by molar-refractivity contribution is 7.09. The van der Waals surface area contributed by atoms with Crippen molar-refractivity contribution in [3.05, 3.63) is 16.1 Å². The lowest BCUT2D eigenvalue weighted by Gasteiger charge is -2.30. The molecule has 1 aromatic rings. The van der Waals surface area contributed by atoms with Crippen LogP contribution in [-0.2, 0) is 6.42 Å². The second kappa shape index (κ2) is 7.09. The molecule has 3 N–H and O–H groups in total. The fraction of sp³-hybridized carbons (Fsp3) is 0.769. The van der Waals surface area contributed by atoms with Gasteiger partial charge in [0.25, 0.3) is 0 Å². The maximum absolute atomic E-state index is 5.88. The molecule has 17 heavy (non-hydrogen) atoms. The molecule has 0 aromatic carbocycles. The Kier molecular flexibility index (Phi) is 6.09. The first-order valence-electron chi connectivity index (χ1n) is 6.47. The van der Waals surface area contributed by atoms with Gasteiger partial charge in [-0.2, -0.15) is 0 Å². The Morgan fingerprint density at radius 3 is 2.59 bits per heavy atom. The molecule has 4 heteroatoms. The van der Waals surface area contributed by atoms with Crippen LogP contribution < -0.4 is 11.1 Å². The summed E-state index contributed by atoms with van der Waals surface area (Å²) in [6.07, 6.45) is 3.30. The van der Waals surface area contributed by atoms with Crippen LogP contribution >= 0.6 is 11.3 Å². The van der Waals surface area contributed by atoms with Crippen LogP contribution in [0.15, 0.2) is 5.38 Å². The van der Waals surface area contributed by atoms with Crippen molar-refractivity contribution in [2.45, 2.75) is 40.0 Å². The number of aromatic nitrogens is 1. The number of aryl methyl sites for hydroxylation is 1. The van der Waals surface area contributed by atoms with E-state index in [2.05, 4.69) is 29.5 Å². The van der Waals surface area contributed by atoms with Crippen LogP contribution in [-0.4, -0.2) is 24.6 Å². The molecule has 0 spiro atoms. The highest BCUT2D eigenvalue weighted by Gasteiger charge is 2.23. The second-order valence-corrected chi connectivity index (χ2v) is 5.66. The van der Waals surface area contributed by atoms with Gasteiger partial charge in [0, 0.05) is 30.6 Å². The van der Waals surface area contributed by atoms with Crippen molar-refractivity contribution in [1.82, 2.24) is 10.3 Å². The smallest absolute Gasteiger partial charge is 0.0940 e. The molecule has 0 amide bonds. The lowest BCUT2D eigenvalue weighted by atomic mass is 9.82. The average Bonchev–Trinajstić information content (AvgIpc) is 2.76. The Morgan fingerprint density at radius 1 is 1.41 bits per heavy atom. The summed E-state index contributed by atoms with van der Waals surface area (Å²) in [5.41, 5.74) is 7.28. The lowest BCUT2D eigenvalue weighted by Crippen LogP contribution is -2.40. The van der Waals surface area contributed by atoms with Crippen LogP contribution in [0.2, 0.25) is 0 Å². The molecule has 0 aliphatic rings. The summed E-state index contributed by atoms with van der Waals surface area (Å²) >= 11 is 1.75. The molecule has 0 fully saturated rings. The van der Waals surface area contributed by atoms with Crippen LogP contribution in [0.25, 0.3) is 0 Å². The molecule has 0 atom stereocenters. The Bertz CT molecular complexity index is 310. The first-order valence-corrected chi connectivity index (χ1v) is 7.35. The summed E-state index contributed by atoms with van der Waals surface area (Å²) in [4.78, 5) is 4.46. The van der Waals surface area contributed by atoms with Crippen molar-refractivity contribution in [2.24, 2.45) is 11.1 Å². The van der Waals surface area contributed by atoms with Crippen LogP contribution in [0.5, 0.6) is 0 Å². The average molecular weight is 255 g/mol. The summed E-state index contributed by atoms with van der Waals surface area (Å²) in [5, 5.41) is 6.86. The van der Waals surface area contributed by atoms with Gasteiger partial charge in [-0.1, -0.05) is 13.8 Å². The molecule has 0 aliphatic heterocycles. The number of nitrogens with zero attached hydrogens (tertiary/aromatic N) is 1. The van der Waals surface area contributed by atoms with Gasteiger partial charge in [-0.3, -0.25) is 0 Å². The number of hydrogen-bond donors (Lipinski definition) is 2. The maximum atomic E-state index is 5.88. The minimum Gasteiger partial charge on any atom is -0.330 e. The molecule has 0 saturated carbocycles. The van der Waals surface area contributed by atoms with E-state index in [0.717, 1.165) is 44.6 Å². The van der Waals surface area contributed by atoms with Gasteiger partial charge in [0.2, 0.25) is 0 Å². The van der Waals surface area contributed by atoms with E-state index in [1.54, 1.807) is 11.3 Å². The van der Waals surface area contributed by atoms with Gasteiger partial charge in [0.15, 0.2) is 0 Å². The second-order valence-electron chi connectivity index (χ2n) is 4.72. The monoisotopic (exact) mass is 255 g/mol. The predicted octanol–water partition coefficient (Wildman–Crippen LogP) is 2.35. The quantitative estimate of drug-likeness (QED) is 0.701. The molecule has 1 rings (SSSR count). The van der Waals surface area contributed by atoms with Crippen molar-refractivity contribution in [1.29, 1.82) is 0 Å². The van der Waals surface area contributed by atoms with Crippen molar-refractivity contribution >= 4 is 11.3 Å². The number of nitrogens with one attached hydrogen (secondary N) is 1. The molecule has 3 nitrogen and oxygen atoms in total. The lowest BCUT2D eigenvalue weighted by molar-refractivity contribution is 0.260. The third-order valence-electron chi connectivity index (χ3n) is 3.62. The zero-order chi connectivity index (χ0) is 12.7. The summed E-state index contributed by atoms with van der Waals surface area (Å²) in [7, 11) is 0. The van der Waals surface area contributed by atoms with Gasteiger partial charge in [0.05, 0.1) is 5.01 Å². The maximum Gasteiger partial charge on any atom is 0.0940 e. The number of nitrogens with two attached hydrogens (primary N) is 1. The minimum atomic E-state index is 0.277. The zero-order valence-corrected chi connectivity index (χ0v) is 12.1. The Balaban J connectivity index is 2.27. The van der Waals surface area contributed by atoms with Gasteiger partial charge in [-0.05, 0) is 31.7 Å². The molecule has 0 aliphatic carbocycles. The minimum absolute atomic E-state index is 0.277. The largest absolute Gasteiger partial charge is 0.330 e. The van der Waals surface area contributed by atoms with Crippen LogP contribution in [0.3, 0.4) is 0 Å². The van der Waals surface area contributed by atoms with Gasteiger partial charge < -0.3 is 11.1 Å². The highest BCUT2D eigenvalue weighted by atomic mass is 32.1. The van der Waals surface area contributed by atoms with E-state index in [4.69, 9.17) is 5.73 Å². The molecule has 1 aromatic heterocycles. The third-order valence-corrected chi connectivity index (χ3v) is 4.64. The fourth-order valence-electron chi connectivity index (χ4n) is 1.93. The summed E-state index contributed by atoms with van der Waals surface area (Å²) in [6.45, 7) is 9.27. The summed E-state index contributed by atoms with van der Waals surface area (Å²) in [6, 6.07) is 0. The molecule has 0 bridgehead atoms. The topological polar surface area (TPSA) is 50.9 Å². The molecule has 0 saturated heterocycles. The third kappa shape index (κ3) is 4.37. The first-order chi connectivity index (χ1) is 8.15. The van der Waals surface area contributed by atoms with Crippen LogP contribution in [0.4, 0.5) is 0 Å². The fourth-order valence-corrected chi connectivity index (χ4v) is 2.70. The van der Waals surface area contributed by atoms with Gasteiger partial charge in [-0.15, -0.1) is 11.3 Å². The molecule has 1 heterocycles. The van der Waals surface area contributed by atoms with Gasteiger partial charge >= 0.3 is 0 Å². The Hall–Kier alpha value is -0.450. The van der Waals surface area contributed by atoms with Crippen LogP contribution in [0, 0.1) is 12.3 Å². The van der Waals surface area contributed by atoms with Gasteiger partial charge in [-0.25, -0.2) is 4.98 Å². The summed E-state index contributed by atoms with van der Waals surface area (Å²) < 4.78 is 0. The van der Waals surface area contributed by atoms with E-state index in [1.165, 1.54) is 5.01 Å². The van der Waals surface area contributed by atoms with Crippen molar-refractivity contribution < 1.29 is 0 Å². The number of thiazole rings is 1. The van der Waals surface area contributed by atoms with Crippen LogP contribution in [0.1, 0.15) is 37.4 Å². The Labute approximate surface area is 109 Å². The molecule has 98 valence electrons. The van der Waals surface area contributed by atoms with E-state index in [0.29, 0.717) is 0 Å². The van der Waals surface area contributed by atoms with E-state index in [1.807, 2.05) is 6.92 Å². The SMILES string of the molecule is CCC(CC)(CN)CNCCc1nc(C)cs1. The molecule has 0 radical (unpaired) electrons. The van der Waals surface area contributed by atoms with Gasteiger partial charge in [0.1, 0.15) is 0 Å². The standard InChI is InChI=1S/C13H25N3S/c1-4-13(5-2,9-14)10-15-7-6-12-16-11(3)8-17-12/h8,15H,4-7,9-10,14H2,1-3H3. The predicted molar refractivity (Wildman–Crippen MR) is 75.5 cm³/mol. The Morgan fingerprint density at radius 2 is 2.12 bits per heavy atom. The number of hydrogen-bond acceptors (Lipinski definition) is 4. The van der Waals surface area contributed by atoms with E-state index in [9.17, 15) is 0 Å². The molecule has 0 unspecified atom stereocenters. The van der Waals surface area contributed by atoms with Crippen molar-refractivity contribution in [2.75, 3.05) is 19.6 Å². The normalized spacial score (nSPS) is 12.0. The van der Waals surface area contributed by atoms with E-state index in [-0.39, 0.29) is 5.41 Å². The molecular weight excluding hydrogens is 230 g/mol. The molecular formula is C13H25N3S. The van der Waals surface area contributed by atoms with Crippen molar-refractivity contribution in [3.63, 3.8) is 0 Å². The van der Waals surface area contributed by atoms with Crippen molar-refractivity contribution in [3.8, 4) is 0 Å².